The molecule has 18 heavy (non-hydrogen) atoms. The van der Waals surface area contributed by atoms with Crippen LogP contribution in [0.25, 0.3) is 11.0 Å². The molecule has 1 aromatic carbocycles. The van der Waals surface area contributed by atoms with Gasteiger partial charge in [0.2, 0.25) is 0 Å². The molecule has 0 radical (unpaired) electrons. The van der Waals surface area contributed by atoms with Gasteiger partial charge in [-0.05, 0) is 35.2 Å². The molecule has 2 nitrogen and oxygen atoms in total. The van der Waals surface area contributed by atoms with Crippen LogP contribution in [0.5, 0.6) is 0 Å². The van der Waals surface area contributed by atoms with Gasteiger partial charge in [-0.25, -0.2) is 4.39 Å². The molecular formula is C14H17FN2S. The van der Waals surface area contributed by atoms with Crippen LogP contribution in [0.3, 0.4) is 0 Å². The molecule has 96 valence electrons. The molecule has 0 amide bonds. The van der Waals surface area contributed by atoms with Crippen LogP contribution >= 0.6 is 12.2 Å². The fourth-order valence-corrected chi connectivity index (χ4v) is 3.50. The van der Waals surface area contributed by atoms with Crippen molar-refractivity contribution >= 4 is 23.3 Å². The Bertz CT molecular complexity index is 679. The van der Waals surface area contributed by atoms with E-state index in [-0.39, 0.29) is 22.7 Å². The van der Waals surface area contributed by atoms with E-state index in [1.807, 2.05) is 10.6 Å². The number of nitrogens with zero attached hydrogens (tertiary/aromatic N) is 1. The number of hydrogen-bond donors (Lipinski definition) is 1. The number of H-pyrrole nitrogens is 1. The number of aromatic nitrogens is 2. The number of nitrogens with one attached hydrogen (secondary N) is 1. The number of para-hydroxylation sites is 1. The molecule has 1 saturated carbocycles. The van der Waals surface area contributed by atoms with E-state index in [1.165, 1.54) is 6.07 Å². The van der Waals surface area contributed by atoms with Crippen LogP contribution in [-0.4, -0.2) is 9.55 Å². The molecule has 2 aromatic rings. The van der Waals surface area contributed by atoms with Gasteiger partial charge in [0.15, 0.2) is 4.77 Å². The third kappa shape index (κ3) is 1.24. The third-order valence-corrected chi connectivity index (χ3v) is 5.19. The lowest BCUT2D eigenvalue weighted by atomic mass is 10.0. The Morgan fingerprint density at radius 2 is 1.83 bits per heavy atom. The largest absolute Gasteiger partial charge is 0.330 e. The van der Waals surface area contributed by atoms with E-state index >= 15 is 0 Å². The van der Waals surface area contributed by atoms with Gasteiger partial charge in [-0.3, -0.25) is 0 Å². The number of rotatable bonds is 1. The van der Waals surface area contributed by atoms with E-state index in [1.54, 1.807) is 6.07 Å². The SMILES string of the molecule is CC1(C)C(n2c(=S)[nH]c3cccc(F)c32)C1(C)C. The Morgan fingerprint density at radius 1 is 1.22 bits per heavy atom. The smallest absolute Gasteiger partial charge is 0.178 e. The maximum atomic E-state index is 14.1. The number of hydrogen-bond acceptors (Lipinski definition) is 1. The van der Waals surface area contributed by atoms with Crippen LogP contribution < -0.4 is 0 Å². The van der Waals surface area contributed by atoms with Crippen molar-refractivity contribution in [3.63, 3.8) is 0 Å². The molecule has 1 N–H and O–H groups in total. The van der Waals surface area contributed by atoms with Gasteiger partial charge < -0.3 is 9.55 Å². The van der Waals surface area contributed by atoms with Crippen LogP contribution in [-0.2, 0) is 0 Å². The molecule has 3 rings (SSSR count). The summed E-state index contributed by atoms with van der Waals surface area (Å²) >= 11 is 5.37. The number of halogens is 1. The first-order valence-electron chi connectivity index (χ1n) is 6.17. The van der Waals surface area contributed by atoms with Crippen molar-refractivity contribution in [3.8, 4) is 0 Å². The molecule has 1 aromatic heterocycles. The summed E-state index contributed by atoms with van der Waals surface area (Å²) in [6.45, 7) is 8.83. The molecule has 0 bridgehead atoms. The fraction of sp³-hybridized carbons (Fsp3) is 0.500. The lowest BCUT2D eigenvalue weighted by molar-refractivity contribution is 0.457. The molecule has 0 unspecified atom stereocenters. The highest BCUT2D eigenvalue weighted by Crippen LogP contribution is 2.71. The van der Waals surface area contributed by atoms with E-state index in [0.717, 1.165) is 5.52 Å². The highest BCUT2D eigenvalue weighted by Gasteiger charge is 2.66. The van der Waals surface area contributed by atoms with Crippen molar-refractivity contribution in [2.45, 2.75) is 33.7 Å². The van der Waals surface area contributed by atoms with E-state index < -0.39 is 0 Å². The zero-order valence-electron chi connectivity index (χ0n) is 11.0. The average Bonchev–Trinajstić information content (AvgIpc) is 2.54. The molecular weight excluding hydrogens is 247 g/mol. The first-order chi connectivity index (χ1) is 8.28. The van der Waals surface area contributed by atoms with Gasteiger partial charge in [0.25, 0.3) is 0 Å². The van der Waals surface area contributed by atoms with Gasteiger partial charge in [0.05, 0.1) is 5.52 Å². The second kappa shape index (κ2) is 3.23. The van der Waals surface area contributed by atoms with Crippen LogP contribution in [0, 0.1) is 21.4 Å². The van der Waals surface area contributed by atoms with Gasteiger partial charge >= 0.3 is 0 Å². The summed E-state index contributed by atoms with van der Waals surface area (Å²) in [5.41, 5.74) is 1.63. The Kier molecular flexibility index (Phi) is 2.14. The van der Waals surface area contributed by atoms with Crippen molar-refractivity contribution in [3.05, 3.63) is 28.8 Å². The van der Waals surface area contributed by atoms with Gasteiger partial charge in [-0.15, -0.1) is 0 Å². The molecule has 1 heterocycles. The van der Waals surface area contributed by atoms with Crippen molar-refractivity contribution in [1.82, 2.24) is 9.55 Å². The molecule has 1 aliphatic rings. The normalized spacial score (nSPS) is 21.4. The Hall–Kier alpha value is -1.16. The number of benzene rings is 1. The standard InChI is InChI=1S/C14H17FN2S/c1-13(2)11(14(13,3)4)17-10-8(15)6-5-7-9(10)16-12(17)18/h5-7,11H,1-4H3,(H,16,18). The molecule has 0 spiro atoms. The lowest BCUT2D eigenvalue weighted by Crippen LogP contribution is -2.02. The van der Waals surface area contributed by atoms with Crippen molar-refractivity contribution in [2.24, 2.45) is 10.8 Å². The fourth-order valence-electron chi connectivity index (χ4n) is 3.19. The first-order valence-corrected chi connectivity index (χ1v) is 6.58. The van der Waals surface area contributed by atoms with Crippen molar-refractivity contribution in [2.75, 3.05) is 0 Å². The summed E-state index contributed by atoms with van der Waals surface area (Å²) in [5, 5.41) is 0. The Morgan fingerprint density at radius 3 is 2.39 bits per heavy atom. The van der Waals surface area contributed by atoms with Gasteiger partial charge in [-0.1, -0.05) is 33.8 Å². The topological polar surface area (TPSA) is 20.7 Å². The maximum absolute atomic E-state index is 14.1. The van der Waals surface area contributed by atoms with Crippen molar-refractivity contribution in [1.29, 1.82) is 0 Å². The summed E-state index contributed by atoms with van der Waals surface area (Å²) in [6.07, 6.45) is 0. The number of fused-ring (bicyclic) bond motifs is 1. The van der Waals surface area contributed by atoms with Crippen LogP contribution in [0.2, 0.25) is 0 Å². The minimum atomic E-state index is -0.210. The molecule has 1 fully saturated rings. The minimum absolute atomic E-state index is 0.128. The van der Waals surface area contributed by atoms with E-state index in [9.17, 15) is 4.39 Å². The third-order valence-electron chi connectivity index (χ3n) is 4.89. The second-order valence-electron chi connectivity index (χ2n) is 6.28. The molecule has 0 atom stereocenters. The number of imidazole rings is 1. The van der Waals surface area contributed by atoms with Gasteiger partial charge in [0, 0.05) is 6.04 Å². The van der Waals surface area contributed by atoms with Gasteiger partial charge in [0.1, 0.15) is 11.3 Å². The van der Waals surface area contributed by atoms with E-state index in [0.29, 0.717) is 10.3 Å². The zero-order valence-corrected chi connectivity index (χ0v) is 11.9. The summed E-state index contributed by atoms with van der Waals surface area (Å²) < 4.78 is 16.6. The minimum Gasteiger partial charge on any atom is -0.330 e. The predicted octanol–water partition coefficient (Wildman–Crippen LogP) is 4.45. The van der Waals surface area contributed by atoms with Crippen LogP contribution in [0.15, 0.2) is 18.2 Å². The second-order valence-corrected chi connectivity index (χ2v) is 6.67. The molecule has 4 heteroatoms. The summed E-state index contributed by atoms with van der Waals surface area (Å²) in [7, 11) is 0. The predicted molar refractivity (Wildman–Crippen MR) is 73.7 cm³/mol. The first kappa shape index (κ1) is 11.9. The van der Waals surface area contributed by atoms with E-state index in [4.69, 9.17) is 12.2 Å². The molecule has 0 saturated heterocycles. The van der Waals surface area contributed by atoms with E-state index in [2.05, 4.69) is 32.7 Å². The molecule has 1 aliphatic carbocycles. The van der Waals surface area contributed by atoms with Gasteiger partial charge in [-0.2, -0.15) is 0 Å². The average molecular weight is 264 g/mol. The monoisotopic (exact) mass is 264 g/mol. The van der Waals surface area contributed by atoms with Crippen molar-refractivity contribution < 1.29 is 4.39 Å². The van der Waals surface area contributed by atoms with Crippen LogP contribution in [0.1, 0.15) is 33.7 Å². The van der Waals surface area contributed by atoms with Crippen LogP contribution in [0.4, 0.5) is 4.39 Å². The number of aromatic amines is 1. The maximum Gasteiger partial charge on any atom is 0.178 e. The molecule has 0 aliphatic heterocycles. The highest BCUT2D eigenvalue weighted by atomic mass is 32.1. The Balaban J connectivity index is 2.32. The zero-order chi connectivity index (χ0) is 13.3. The quantitative estimate of drug-likeness (QED) is 0.755. The summed E-state index contributed by atoms with van der Waals surface area (Å²) in [5.74, 6) is -0.210. The summed E-state index contributed by atoms with van der Waals surface area (Å²) in [6, 6.07) is 5.30. The highest BCUT2D eigenvalue weighted by molar-refractivity contribution is 7.71. The summed E-state index contributed by atoms with van der Waals surface area (Å²) in [4.78, 5) is 3.10. The lowest BCUT2D eigenvalue weighted by Gasteiger charge is -2.07. The Labute approximate surface area is 111 Å².